The number of sulfonamides is 1. The summed E-state index contributed by atoms with van der Waals surface area (Å²) in [6.07, 6.45) is 5.47. The molecule has 1 heterocycles. The number of nitrogens with zero attached hydrogens (tertiary/aromatic N) is 1. The van der Waals surface area contributed by atoms with E-state index in [-0.39, 0.29) is 22.9 Å². The number of hydrogen-bond donors (Lipinski definition) is 0. The van der Waals surface area contributed by atoms with Crippen LogP contribution in [0.4, 0.5) is 0 Å². The molecule has 0 amide bonds. The number of hydrogen-bond acceptors (Lipinski definition) is 5. The summed E-state index contributed by atoms with van der Waals surface area (Å²) in [5.74, 6) is 0.234. The van der Waals surface area contributed by atoms with Crippen LogP contribution in [0.25, 0.3) is 0 Å². The standard InChI is InChI=1S/C22H35NO5S2/c1-22(2,3)29(25,26)17-9-4-6-10-20(24)18-19-11-13-21(14-12-19)30(27,28)23-15-7-5-8-16-23/h11-14H,4-10,15-18H2,1-3H3. The summed E-state index contributed by atoms with van der Waals surface area (Å²) in [7, 11) is -6.56. The maximum atomic E-state index is 12.7. The molecule has 0 unspecified atom stereocenters. The Morgan fingerprint density at radius 1 is 0.900 bits per heavy atom. The summed E-state index contributed by atoms with van der Waals surface area (Å²) in [5, 5.41) is 0. The molecular formula is C22H35NO5S2. The van der Waals surface area contributed by atoms with Crippen LogP contribution in [0.2, 0.25) is 0 Å². The average Bonchev–Trinajstić information content (AvgIpc) is 2.68. The van der Waals surface area contributed by atoms with E-state index in [1.807, 2.05) is 0 Å². The molecule has 0 saturated carbocycles. The predicted molar refractivity (Wildman–Crippen MR) is 120 cm³/mol. The van der Waals surface area contributed by atoms with Crippen LogP contribution in [0.1, 0.15) is 71.3 Å². The number of carbonyl (C=O) groups is 1. The van der Waals surface area contributed by atoms with E-state index in [1.54, 1.807) is 45.0 Å². The van der Waals surface area contributed by atoms with Gasteiger partial charge < -0.3 is 0 Å². The van der Waals surface area contributed by atoms with Crippen LogP contribution in [0.5, 0.6) is 0 Å². The van der Waals surface area contributed by atoms with Gasteiger partial charge in [0.05, 0.1) is 15.4 Å². The van der Waals surface area contributed by atoms with Gasteiger partial charge in [-0.3, -0.25) is 4.79 Å². The van der Waals surface area contributed by atoms with Crippen molar-refractivity contribution in [3.05, 3.63) is 29.8 Å². The summed E-state index contributed by atoms with van der Waals surface area (Å²) in [4.78, 5) is 12.5. The predicted octanol–water partition coefficient (Wildman–Crippen LogP) is 3.75. The first-order chi connectivity index (χ1) is 13.9. The Balaban J connectivity index is 1.78. The minimum Gasteiger partial charge on any atom is -0.299 e. The second-order valence-corrected chi connectivity index (χ2v) is 13.9. The quantitative estimate of drug-likeness (QED) is 0.499. The maximum Gasteiger partial charge on any atom is 0.243 e. The van der Waals surface area contributed by atoms with Crippen molar-refractivity contribution in [3.8, 4) is 0 Å². The second kappa shape index (κ2) is 10.4. The maximum absolute atomic E-state index is 12.7. The lowest BCUT2D eigenvalue weighted by molar-refractivity contribution is -0.118. The third kappa shape index (κ3) is 6.89. The minimum atomic E-state index is -3.45. The molecule has 0 N–H and O–H groups in total. The van der Waals surface area contributed by atoms with Crippen molar-refractivity contribution >= 4 is 25.6 Å². The van der Waals surface area contributed by atoms with Crippen LogP contribution < -0.4 is 0 Å². The van der Waals surface area contributed by atoms with Gasteiger partial charge in [-0.15, -0.1) is 0 Å². The molecule has 1 fully saturated rings. The number of rotatable bonds is 10. The van der Waals surface area contributed by atoms with E-state index in [2.05, 4.69) is 0 Å². The molecule has 0 aromatic heterocycles. The van der Waals surface area contributed by atoms with Crippen LogP contribution in [-0.2, 0) is 31.1 Å². The van der Waals surface area contributed by atoms with Gasteiger partial charge in [0.2, 0.25) is 10.0 Å². The fraction of sp³-hybridized carbons (Fsp3) is 0.682. The van der Waals surface area contributed by atoms with Crippen molar-refractivity contribution in [2.45, 2.75) is 81.8 Å². The summed E-state index contributed by atoms with van der Waals surface area (Å²) >= 11 is 0. The number of unbranched alkanes of at least 4 members (excludes halogenated alkanes) is 2. The molecule has 1 aromatic rings. The molecule has 30 heavy (non-hydrogen) atoms. The smallest absolute Gasteiger partial charge is 0.243 e. The highest BCUT2D eigenvalue weighted by Gasteiger charge is 2.28. The van der Waals surface area contributed by atoms with Crippen LogP contribution in [0.3, 0.4) is 0 Å². The van der Waals surface area contributed by atoms with E-state index < -0.39 is 24.6 Å². The second-order valence-electron chi connectivity index (χ2n) is 9.07. The lowest BCUT2D eigenvalue weighted by atomic mass is 10.0. The molecule has 0 atom stereocenters. The van der Waals surface area contributed by atoms with Crippen molar-refractivity contribution < 1.29 is 21.6 Å². The first-order valence-electron chi connectivity index (χ1n) is 10.8. The fourth-order valence-corrected chi connectivity index (χ4v) is 6.16. The molecule has 0 bridgehead atoms. The van der Waals surface area contributed by atoms with Gasteiger partial charge >= 0.3 is 0 Å². The third-order valence-electron chi connectivity index (χ3n) is 5.58. The zero-order valence-electron chi connectivity index (χ0n) is 18.4. The first-order valence-corrected chi connectivity index (χ1v) is 13.9. The van der Waals surface area contributed by atoms with Gasteiger partial charge in [0, 0.05) is 25.9 Å². The molecule has 1 aliphatic rings. The SMILES string of the molecule is CC(C)(C)S(=O)(=O)CCCCCC(=O)Cc1ccc(S(=O)(=O)N2CCCCC2)cc1. The van der Waals surface area contributed by atoms with E-state index in [9.17, 15) is 21.6 Å². The minimum absolute atomic E-state index is 0.0836. The number of sulfone groups is 1. The van der Waals surface area contributed by atoms with Crippen LogP contribution >= 0.6 is 0 Å². The highest BCUT2D eigenvalue weighted by atomic mass is 32.2. The molecule has 1 aromatic carbocycles. The van der Waals surface area contributed by atoms with Gasteiger partial charge in [-0.05, 0) is 64.2 Å². The zero-order chi connectivity index (χ0) is 22.4. The Labute approximate surface area is 182 Å². The van der Waals surface area contributed by atoms with Crippen LogP contribution in [0, 0.1) is 0 Å². The lowest BCUT2D eigenvalue weighted by Crippen LogP contribution is -2.35. The molecule has 0 radical (unpaired) electrons. The van der Waals surface area contributed by atoms with Gasteiger partial charge in [-0.25, -0.2) is 16.8 Å². The Kier molecular flexibility index (Phi) is 8.65. The summed E-state index contributed by atoms with van der Waals surface area (Å²) in [6.45, 7) is 6.25. The Morgan fingerprint density at radius 3 is 2.07 bits per heavy atom. The van der Waals surface area contributed by atoms with E-state index in [4.69, 9.17) is 0 Å². The monoisotopic (exact) mass is 457 g/mol. The number of ketones is 1. The number of carbonyl (C=O) groups excluding carboxylic acids is 1. The number of benzene rings is 1. The van der Waals surface area contributed by atoms with Crippen molar-refractivity contribution in [1.82, 2.24) is 4.31 Å². The van der Waals surface area contributed by atoms with E-state index in [1.165, 1.54) is 4.31 Å². The van der Waals surface area contributed by atoms with Crippen molar-refractivity contribution in [3.63, 3.8) is 0 Å². The van der Waals surface area contributed by atoms with Crippen molar-refractivity contribution in [2.75, 3.05) is 18.8 Å². The molecule has 0 aliphatic carbocycles. The normalized spacial score (nSPS) is 16.5. The first kappa shape index (κ1) is 25.0. The van der Waals surface area contributed by atoms with Crippen molar-refractivity contribution in [2.24, 2.45) is 0 Å². The van der Waals surface area contributed by atoms with E-state index >= 15 is 0 Å². The summed E-state index contributed by atoms with van der Waals surface area (Å²) in [5.41, 5.74) is 0.799. The van der Waals surface area contributed by atoms with E-state index in [0.29, 0.717) is 38.8 Å². The molecule has 6 nitrogen and oxygen atoms in total. The molecule has 170 valence electrons. The number of Topliss-reactive ketones (excluding diaryl/α,β-unsaturated/α-hetero) is 1. The van der Waals surface area contributed by atoms with Crippen LogP contribution in [0.15, 0.2) is 29.2 Å². The molecule has 1 aliphatic heterocycles. The lowest BCUT2D eigenvalue weighted by Gasteiger charge is -2.25. The molecule has 1 saturated heterocycles. The summed E-state index contributed by atoms with van der Waals surface area (Å²) < 4.78 is 50.3. The van der Waals surface area contributed by atoms with Gasteiger partial charge in [-0.2, -0.15) is 4.31 Å². The van der Waals surface area contributed by atoms with Crippen LogP contribution in [-0.4, -0.2) is 50.5 Å². The molecule has 8 heteroatoms. The Bertz CT molecular complexity index is 907. The van der Waals surface area contributed by atoms with Crippen molar-refractivity contribution in [1.29, 1.82) is 0 Å². The Hall–Kier alpha value is -1.25. The molecule has 2 rings (SSSR count). The average molecular weight is 458 g/mol. The third-order valence-corrected chi connectivity index (χ3v) is 10.2. The Morgan fingerprint density at radius 2 is 1.50 bits per heavy atom. The fourth-order valence-electron chi connectivity index (χ4n) is 3.45. The molecular weight excluding hydrogens is 422 g/mol. The van der Waals surface area contributed by atoms with E-state index in [0.717, 1.165) is 24.8 Å². The highest BCUT2D eigenvalue weighted by molar-refractivity contribution is 7.92. The summed E-state index contributed by atoms with van der Waals surface area (Å²) in [6, 6.07) is 6.60. The number of piperidine rings is 1. The molecule has 0 spiro atoms. The van der Waals surface area contributed by atoms with Gasteiger partial charge in [-0.1, -0.05) is 25.0 Å². The highest BCUT2D eigenvalue weighted by Crippen LogP contribution is 2.21. The topological polar surface area (TPSA) is 88.6 Å². The largest absolute Gasteiger partial charge is 0.299 e. The van der Waals surface area contributed by atoms with Gasteiger partial charge in [0.25, 0.3) is 0 Å². The van der Waals surface area contributed by atoms with Gasteiger partial charge in [0.1, 0.15) is 5.78 Å². The van der Waals surface area contributed by atoms with Gasteiger partial charge in [0.15, 0.2) is 9.84 Å². The zero-order valence-corrected chi connectivity index (χ0v) is 20.0.